The molecular formula is C15H27N3OS. The van der Waals surface area contributed by atoms with E-state index in [1.165, 1.54) is 15.7 Å². The standard InChI is InChI=1S/C15H27N3OS/c1-5-12-10-18(7-8-19-12)15-17-14(11(3)4)13(20-15)9-16-6-2/h11-12,16H,5-10H2,1-4H3. The van der Waals surface area contributed by atoms with Crippen LogP contribution in [0.5, 0.6) is 0 Å². The lowest BCUT2D eigenvalue weighted by Gasteiger charge is -2.32. The molecule has 5 heteroatoms. The predicted octanol–water partition coefficient (Wildman–Crippen LogP) is 2.99. The molecule has 0 spiro atoms. The third-order valence-corrected chi connectivity index (χ3v) is 4.80. The number of anilines is 1. The van der Waals surface area contributed by atoms with E-state index in [-0.39, 0.29) is 0 Å². The average molecular weight is 297 g/mol. The first-order chi connectivity index (χ1) is 9.65. The fourth-order valence-electron chi connectivity index (χ4n) is 2.44. The van der Waals surface area contributed by atoms with Crippen molar-refractivity contribution in [1.82, 2.24) is 10.3 Å². The van der Waals surface area contributed by atoms with Crippen LogP contribution in [-0.2, 0) is 11.3 Å². The Morgan fingerprint density at radius 2 is 2.25 bits per heavy atom. The molecule has 0 radical (unpaired) electrons. The van der Waals surface area contributed by atoms with Crippen molar-refractivity contribution in [2.45, 2.75) is 52.7 Å². The van der Waals surface area contributed by atoms with Crippen molar-refractivity contribution in [3.05, 3.63) is 10.6 Å². The Morgan fingerprint density at radius 3 is 2.90 bits per heavy atom. The van der Waals surface area contributed by atoms with E-state index in [4.69, 9.17) is 9.72 Å². The third-order valence-electron chi connectivity index (χ3n) is 3.66. The predicted molar refractivity (Wildman–Crippen MR) is 85.8 cm³/mol. The van der Waals surface area contributed by atoms with Gasteiger partial charge in [0.15, 0.2) is 5.13 Å². The van der Waals surface area contributed by atoms with Crippen LogP contribution in [-0.4, -0.2) is 37.3 Å². The van der Waals surface area contributed by atoms with Gasteiger partial charge in [0, 0.05) is 24.5 Å². The van der Waals surface area contributed by atoms with Crippen molar-refractivity contribution in [3.8, 4) is 0 Å². The van der Waals surface area contributed by atoms with Crippen LogP contribution in [0, 0.1) is 0 Å². The van der Waals surface area contributed by atoms with E-state index in [9.17, 15) is 0 Å². The summed E-state index contributed by atoms with van der Waals surface area (Å²) in [5.41, 5.74) is 1.26. The second kappa shape index (κ2) is 7.38. The largest absolute Gasteiger partial charge is 0.375 e. The molecule has 1 aliphatic heterocycles. The molecule has 1 aromatic rings. The SMILES string of the molecule is CCNCc1sc(N2CCOC(CC)C2)nc1C(C)C. The number of ether oxygens (including phenoxy) is 1. The molecule has 0 aromatic carbocycles. The summed E-state index contributed by atoms with van der Waals surface area (Å²) < 4.78 is 5.75. The normalized spacial score (nSPS) is 19.9. The maximum Gasteiger partial charge on any atom is 0.186 e. The van der Waals surface area contributed by atoms with E-state index in [1.54, 1.807) is 0 Å². The highest BCUT2D eigenvalue weighted by Gasteiger charge is 2.23. The Morgan fingerprint density at radius 1 is 1.45 bits per heavy atom. The first-order valence-corrected chi connectivity index (χ1v) is 8.54. The molecule has 0 aliphatic carbocycles. The summed E-state index contributed by atoms with van der Waals surface area (Å²) in [7, 11) is 0. The summed E-state index contributed by atoms with van der Waals surface area (Å²) in [5.74, 6) is 0.483. The van der Waals surface area contributed by atoms with Crippen molar-refractivity contribution in [3.63, 3.8) is 0 Å². The fraction of sp³-hybridized carbons (Fsp3) is 0.800. The lowest BCUT2D eigenvalue weighted by Crippen LogP contribution is -2.42. The molecule has 1 aliphatic rings. The van der Waals surface area contributed by atoms with Gasteiger partial charge in [-0.05, 0) is 18.9 Å². The molecular weight excluding hydrogens is 270 g/mol. The molecule has 114 valence electrons. The zero-order valence-corrected chi connectivity index (χ0v) is 13.9. The zero-order valence-electron chi connectivity index (χ0n) is 13.1. The van der Waals surface area contributed by atoms with E-state index in [0.717, 1.165) is 39.2 Å². The molecule has 2 heterocycles. The minimum absolute atomic E-state index is 0.354. The van der Waals surface area contributed by atoms with Gasteiger partial charge in [0.25, 0.3) is 0 Å². The quantitative estimate of drug-likeness (QED) is 0.876. The molecule has 1 atom stereocenters. The first kappa shape index (κ1) is 15.7. The Hall–Kier alpha value is -0.650. The van der Waals surface area contributed by atoms with E-state index < -0.39 is 0 Å². The summed E-state index contributed by atoms with van der Waals surface area (Å²) >= 11 is 1.84. The van der Waals surface area contributed by atoms with Crippen LogP contribution in [0.2, 0.25) is 0 Å². The summed E-state index contributed by atoms with van der Waals surface area (Å²) in [6.07, 6.45) is 1.43. The number of rotatable bonds is 6. The summed E-state index contributed by atoms with van der Waals surface area (Å²) in [5, 5.41) is 4.59. The second-order valence-corrected chi connectivity index (χ2v) is 6.65. The van der Waals surface area contributed by atoms with Gasteiger partial charge in [-0.1, -0.05) is 27.7 Å². The fourth-order valence-corrected chi connectivity index (χ4v) is 3.66. The Bertz CT molecular complexity index is 419. The molecule has 0 bridgehead atoms. The molecule has 20 heavy (non-hydrogen) atoms. The van der Waals surface area contributed by atoms with Gasteiger partial charge in [-0.3, -0.25) is 0 Å². The average Bonchev–Trinajstić information content (AvgIpc) is 2.89. The number of thiazole rings is 1. The Labute approximate surface area is 126 Å². The molecule has 1 aromatic heterocycles. The molecule has 0 saturated carbocycles. The van der Waals surface area contributed by atoms with E-state index in [2.05, 4.69) is 37.9 Å². The second-order valence-electron chi connectivity index (χ2n) is 5.59. The third kappa shape index (κ3) is 3.71. The van der Waals surface area contributed by atoms with E-state index in [0.29, 0.717) is 12.0 Å². The van der Waals surface area contributed by atoms with E-state index >= 15 is 0 Å². The molecule has 1 N–H and O–H groups in total. The van der Waals surface area contributed by atoms with Gasteiger partial charge < -0.3 is 15.0 Å². The van der Waals surface area contributed by atoms with Gasteiger partial charge in [0.1, 0.15) is 0 Å². The topological polar surface area (TPSA) is 37.4 Å². The first-order valence-electron chi connectivity index (χ1n) is 7.72. The summed E-state index contributed by atoms with van der Waals surface area (Å²) in [4.78, 5) is 8.68. The van der Waals surface area contributed by atoms with Crippen LogP contribution in [0.25, 0.3) is 0 Å². The highest BCUT2D eigenvalue weighted by molar-refractivity contribution is 7.15. The van der Waals surface area contributed by atoms with Crippen LogP contribution >= 0.6 is 11.3 Å². The number of aromatic nitrogens is 1. The molecule has 0 amide bonds. The maximum absolute atomic E-state index is 5.75. The van der Waals surface area contributed by atoms with Crippen LogP contribution < -0.4 is 10.2 Å². The van der Waals surface area contributed by atoms with Crippen molar-refractivity contribution < 1.29 is 4.74 Å². The summed E-state index contributed by atoms with van der Waals surface area (Å²) in [6, 6.07) is 0. The molecule has 1 saturated heterocycles. The minimum atomic E-state index is 0.354. The lowest BCUT2D eigenvalue weighted by molar-refractivity contribution is 0.0384. The number of morpholine rings is 1. The van der Waals surface area contributed by atoms with E-state index in [1.807, 2.05) is 11.3 Å². The van der Waals surface area contributed by atoms with Crippen molar-refractivity contribution in [1.29, 1.82) is 0 Å². The highest BCUT2D eigenvalue weighted by atomic mass is 32.1. The van der Waals surface area contributed by atoms with Gasteiger partial charge >= 0.3 is 0 Å². The molecule has 1 fully saturated rings. The number of nitrogens with one attached hydrogen (secondary N) is 1. The van der Waals surface area contributed by atoms with Crippen LogP contribution in [0.3, 0.4) is 0 Å². The number of hydrogen-bond donors (Lipinski definition) is 1. The van der Waals surface area contributed by atoms with Gasteiger partial charge in [0.2, 0.25) is 0 Å². The smallest absolute Gasteiger partial charge is 0.186 e. The van der Waals surface area contributed by atoms with Crippen molar-refractivity contribution in [2.24, 2.45) is 0 Å². The van der Waals surface area contributed by atoms with Gasteiger partial charge in [-0.25, -0.2) is 4.98 Å². The lowest BCUT2D eigenvalue weighted by atomic mass is 10.1. The monoisotopic (exact) mass is 297 g/mol. The number of hydrogen-bond acceptors (Lipinski definition) is 5. The van der Waals surface area contributed by atoms with Gasteiger partial charge in [-0.2, -0.15) is 0 Å². The molecule has 1 unspecified atom stereocenters. The molecule has 4 nitrogen and oxygen atoms in total. The van der Waals surface area contributed by atoms with Gasteiger partial charge in [-0.15, -0.1) is 11.3 Å². The summed E-state index contributed by atoms with van der Waals surface area (Å²) in [6.45, 7) is 13.5. The molecule has 2 rings (SSSR count). The highest BCUT2D eigenvalue weighted by Crippen LogP contribution is 2.31. The zero-order chi connectivity index (χ0) is 14.5. The van der Waals surface area contributed by atoms with Crippen molar-refractivity contribution in [2.75, 3.05) is 31.1 Å². The number of nitrogens with zero attached hydrogens (tertiary/aromatic N) is 2. The maximum atomic E-state index is 5.75. The van der Waals surface area contributed by atoms with Crippen LogP contribution in [0.4, 0.5) is 5.13 Å². The minimum Gasteiger partial charge on any atom is -0.375 e. The van der Waals surface area contributed by atoms with Crippen LogP contribution in [0.15, 0.2) is 0 Å². The van der Waals surface area contributed by atoms with Crippen molar-refractivity contribution >= 4 is 16.5 Å². The Balaban J connectivity index is 2.14. The van der Waals surface area contributed by atoms with Crippen LogP contribution in [0.1, 0.15) is 50.6 Å². The van der Waals surface area contributed by atoms with Gasteiger partial charge in [0.05, 0.1) is 18.4 Å². The Kier molecular flexibility index (Phi) is 5.81.